The first-order chi connectivity index (χ1) is 13.5. The molecule has 148 valence electrons. The van der Waals surface area contributed by atoms with Gasteiger partial charge in [0.05, 0.1) is 17.9 Å². The van der Waals surface area contributed by atoms with Crippen molar-refractivity contribution in [3.05, 3.63) is 52.4 Å². The van der Waals surface area contributed by atoms with Gasteiger partial charge in [-0.15, -0.1) is 0 Å². The number of carbonyl (C=O) groups excluding carboxylic acids is 1. The van der Waals surface area contributed by atoms with Gasteiger partial charge in [-0.2, -0.15) is 0 Å². The molecule has 0 fully saturated rings. The fraction of sp³-hybridized carbons (Fsp3) is 0.333. The minimum Gasteiger partial charge on any atom is -0.494 e. The second-order valence-corrected chi connectivity index (χ2v) is 6.64. The normalized spacial score (nSPS) is 11.2. The van der Waals surface area contributed by atoms with Crippen molar-refractivity contribution in [2.45, 2.75) is 20.3 Å². The average Bonchev–Trinajstić information content (AvgIpc) is 3.11. The Morgan fingerprint density at radius 3 is 2.57 bits per heavy atom. The molecule has 0 unspecified atom stereocenters. The zero-order valence-electron chi connectivity index (χ0n) is 16.2. The van der Waals surface area contributed by atoms with Gasteiger partial charge >= 0.3 is 0 Å². The van der Waals surface area contributed by atoms with Crippen molar-refractivity contribution >= 4 is 16.8 Å². The van der Waals surface area contributed by atoms with Crippen molar-refractivity contribution in [3.63, 3.8) is 0 Å². The van der Waals surface area contributed by atoms with Crippen LogP contribution >= 0.6 is 0 Å². The number of nitrogens with one attached hydrogen (secondary N) is 2. The van der Waals surface area contributed by atoms with E-state index in [9.17, 15) is 9.59 Å². The Kier molecular flexibility index (Phi) is 6.16. The molecule has 0 saturated carbocycles. The van der Waals surface area contributed by atoms with Crippen molar-refractivity contribution in [1.29, 1.82) is 0 Å². The molecular formula is C21H26N4O3. The maximum Gasteiger partial charge on any atom is 0.265 e. The van der Waals surface area contributed by atoms with Gasteiger partial charge in [0.1, 0.15) is 11.4 Å². The van der Waals surface area contributed by atoms with E-state index >= 15 is 0 Å². The van der Waals surface area contributed by atoms with Crippen LogP contribution in [0.5, 0.6) is 5.75 Å². The van der Waals surface area contributed by atoms with Crippen LogP contribution in [0.2, 0.25) is 0 Å². The number of rotatable bonds is 9. The van der Waals surface area contributed by atoms with Crippen LogP contribution in [0.25, 0.3) is 22.2 Å². The van der Waals surface area contributed by atoms with Crippen molar-refractivity contribution in [3.8, 4) is 17.0 Å². The SMILES string of the molecule is CCN(CC)CCCOc1ccc2[nH]c(-c3ccc(C(N)=O)[nH]c3=O)cc2c1. The number of benzene rings is 1. The first-order valence-corrected chi connectivity index (χ1v) is 9.53. The molecule has 0 saturated heterocycles. The van der Waals surface area contributed by atoms with Crippen LogP contribution in [-0.4, -0.2) is 47.0 Å². The largest absolute Gasteiger partial charge is 0.494 e. The second kappa shape index (κ2) is 8.75. The number of nitrogens with two attached hydrogens (primary N) is 1. The molecule has 3 aromatic rings. The van der Waals surface area contributed by atoms with Crippen molar-refractivity contribution in [2.75, 3.05) is 26.2 Å². The van der Waals surface area contributed by atoms with Gasteiger partial charge < -0.3 is 25.3 Å². The molecular weight excluding hydrogens is 356 g/mol. The maximum absolute atomic E-state index is 12.3. The van der Waals surface area contributed by atoms with E-state index in [1.807, 2.05) is 24.3 Å². The van der Waals surface area contributed by atoms with Crippen molar-refractivity contribution < 1.29 is 9.53 Å². The summed E-state index contributed by atoms with van der Waals surface area (Å²) >= 11 is 0. The first-order valence-electron chi connectivity index (χ1n) is 9.53. The van der Waals surface area contributed by atoms with E-state index in [1.165, 1.54) is 6.07 Å². The Morgan fingerprint density at radius 2 is 1.89 bits per heavy atom. The Bertz CT molecular complexity index is 1020. The molecule has 7 heteroatoms. The van der Waals surface area contributed by atoms with E-state index < -0.39 is 5.91 Å². The van der Waals surface area contributed by atoms with Crippen LogP contribution in [0.4, 0.5) is 0 Å². The van der Waals surface area contributed by atoms with E-state index in [0.29, 0.717) is 17.9 Å². The molecule has 7 nitrogen and oxygen atoms in total. The molecule has 0 aliphatic rings. The number of hydrogen-bond acceptors (Lipinski definition) is 4. The van der Waals surface area contributed by atoms with Gasteiger partial charge in [0.15, 0.2) is 0 Å². The van der Waals surface area contributed by atoms with E-state index in [-0.39, 0.29) is 11.3 Å². The van der Waals surface area contributed by atoms with Crippen molar-refractivity contribution in [2.24, 2.45) is 5.73 Å². The van der Waals surface area contributed by atoms with Gasteiger partial charge in [0.25, 0.3) is 11.5 Å². The molecule has 0 aliphatic heterocycles. The molecule has 4 N–H and O–H groups in total. The van der Waals surface area contributed by atoms with E-state index in [0.717, 1.165) is 42.7 Å². The van der Waals surface area contributed by atoms with Crippen LogP contribution in [0.15, 0.2) is 41.2 Å². The minimum atomic E-state index is -0.664. The molecule has 0 spiro atoms. The highest BCUT2D eigenvalue weighted by Gasteiger charge is 2.10. The summed E-state index contributed by atoms with van der Waals surface area (Å²) in [7, 11) is 0. The van der Waals surface area contributed by atoms with Gasteiger partial charge in [-0.05, 0) is 55.9 Å². The number of carbonyl (C=O) groups is 1. The summed E-state index contributed by atoms with van der Waals surface area (Å²) in [5.41, 5.74) is 6.95. The third-order valence-electron chi connectivity index (χ3n) is 4.84. The van der Waals surface area contributed by atoms with Crippen LogP contribution in [0, 0.1) is 0 Å². The Hall–Kier alpha value is -3.06. The predicted molar refractivity (Wildman–Crippen MR) is 111 cm³/mol. The summed E-state index contributed by atoms with van der Waals surface area (Å²) in [6.07, 6.45) is 0.972. The summed E-state index contributed by atoms with van der Waals surface area (Å²) in [5.74, 6) is 0.138. The highest BCUT2D eigenvalue weighted by atomic mass is 16.5. The molecule has 0 bridgehead atoms. The minimum absolute atomic E-state index is 0.0882. The molecule has 0 aliphatic carbocycles. The number of aromatic amines is 2. The summed E-state index contributed by atoms with van der Waals surface area (Å²) in [6.45, 7) is 8.10. The number of primary amides is 1. The van der Waals surface area contributed by atoms with Gasteiger partial charge in [0.2, 0.25) is 0 Å². The summed E-state index contributed by atoms with van der Waals surface area (Å²) in [6, 6.07) is 10.8. The lowest BCUT2D eigenvalue weighted by atomic mass is 10.1. The molecule has 1 amide bonds. The monoisotopic (exact) mass is 382 g/mol. The van der Waals surface area contributed by atoms with E-state index in [1.54, 1.807) is 6.07 Å². The topological polar surface area (TPSA) is 104 Å². The molecule has 0 atom stereocenters. The number of ether oxygens (including phenoxy) is 1. The molecule has 2 aromatic heterocycles. The lowest BCUT2D eigenvalue weighted by molar-refractivity contribution is 0.0995. The highest BCUT2D eigenvalue weighted by Crippen LogP contribution is 2.25. The first kappa shape index (κ1) is 19.7. The highest BCUT2D eigenvalue weighted by molar-refractivity contribution is 5.91. The third kappa shape index (κ3) is 4.43. The third-order valence-corrected chi connectivity index (χ3v) is 4.84. The lowest BCUT2D eigenvalue weighted by Gasteiger charge is -2.17. The molecule has 0 radical (unpaired) electrons. The van der Waals surface area contributed by atoms with Gasteiger partial charge in [-0.1, -0.05) is 13.8 Å². The zero-order valence-corrected chi connectivity index (χ0v) is 16.2. The van der Waals surface area contributed by atoms with Crippen LogP contribution in [0.1, 0.15) is 30.8 Å². The summed E-state index contributed by atoms with van der Waals surface area (Å²) in [5, 5.41) is 0.953. The molecule has 3 rings (SSSR count). The fourth-order valence-electron chi connectivity index (χ4n) is 3.19. The van der Waals surface area contributed by atoms with Crippen LogP contribution < -0.4 is 16.0 Å². The number of nitrogens with zero attached hydrogens (tertiary/aromatic N) is 1. The van der Waals surface area contributed by atoms with E-state index in [4.69, 9.17) is 10.5 Å². The number of hydrogen-bond donors (Lipinski definition) is 3. The Labute approximate surface area is 163 Å². The van der Waals surface area contributed by atoms with E-state index in [2.05, 4.69) is 28.7 Å². The smallest absolute Gasteiger partial charge is 0.265 e. The molecule has 2 heterocycles. The Morgan fingerprint density at radius 1 is 1.11 bits per heavy atom. The molecule has 1 aromatic carbocycles. The lowest BCUT2D eigenvalue weighted by Crippen LogP contribution is -2.25. The maximum atomic E-state index is 12.3. The number of pyridine rings is 1. The number of fused-ring (bicyclic) bond motifs is 1. The van der Waals surface area contributed by atoms with Crippen LogP contribution in [0.3, 0.4) is 0 Å². The number of amides is 1. The fourth-order valence-corrected chi connectivity index (χ4v) is 3.19. The second-order valence-electron chi connectivity index (χ2n) is 6.64. The zero-order chi connectivity index (χ0) is 20.1. The van der Waals surface area contributed by atoms with Crippen molar-refractivity contribution in [1.82, 2.24) is 14.9 Å². The van der Waals surface area contributed by atoms with Gasteiger partial charge in [-0.3, -0.25) is 9.59 Å². The van der Waals surface area contributed by atoms with Gasteiger partial charge in [-0.25, -0.2) is 0 Å². The predicted octanol–water partition coefficient (Wildman–Crippen LogP) is 2.73. The van der Waals surface area contributed by atoms with Gasteiger partial charge in [0, 0.05) is 17.4 Å². The molecule has 28 heavy (non-hydrogen) atoms. The number of aromatic nitrogens is 2. The van der Waals surface area contributed by atoms with Crippen LogP contribution in [-0.2, 0) is 0 Å². The quantitative estimate of drug-likeness (QED) is 0.495. The average molecular weight is 382 g/mol. The Balaban J connectivity index is 1.73. The summed E-state index contributed by atoms with van der Waals surface area (Å²) in [4.78, 5) is 31.5. The number of H-pyrrole nitrogens is 2. The summed E-state index contributed by atoms with van der Waals surface area (Å²) < 4.78 is 5.87. The standard InChI is InChI=1S/C21H26N4O3/c1-3-25(4-2)10-5-11-28-15-6-8-17-14(12-15)13-19(23-17)16-7-9-18(20(22)26)24-21(16)27/h6-9,12-13,23H,3-5,10-11H2,1-2H3,(H2,22,26)(H,24,27).